The number of carbonyl (C=O) groups excluding carboxylic acids is 1. The summed E-state index contributed by atoms with van der Waals surface area (Å²) < 4.78 is 25.2. The molecule has 7 nitrogen and oxygen atoms in total. The Morgan fingerprint density at radius 3 is 2.77 bits per heavy atom. The highest BCUT2D eigenvalue weighted by Gasteiger charge is 2.19. The van der Waals surface area contributed by atoms with Gasteiger partial charge in [-0.25, -0.2) is 9.55 Å². The first-order valence-electron chi connectivity index (χ1n) is 10.2. The van der Waals surface area contributed by atoms with Gasteiger partial charge < -0.3 is 14.4 Å². The number of nitrogens with zero attached hydrogens (tertiary/aromatic N) is 4. The van der Waals surface area contributed by atoms with Crippen molar-refractivity contribution in [2.24, 2.45) is 0 Å². The summed E-state index contributed by atoms with van der Waals surface area (Å²) in [5, 5.41) is 0. The molecule has 30 heavy (non-hydrogen) atoms. The second-order valence-electron chi connectivity index (χ2n) is 7.30. The smallest absolute Gasteiger partial charge is 0.304 e. The summed E-state index contributed by atoms with van der Waals surface area (Å²) in [5.41, 5.74) is 3.52. The van der Waals surface area contributed by atoms with Crippen LogP contribution in [0.4, 0.5) is 10.1 Å². The van der Waals surface area contributed by atoms with Crippen molar-refractivity contribution in [3.63, 3.8) is 0 Å². The zero-order valence-corrected chi connectivity index (χ0v) is 17.0. The standard InChI is InChI=1S/C22H25FN4O3/c1-29-22-25-18-14-17(26-10-12-30-13-11-26)7-8-19(18)27(22)21(28)5-3-2-4-16-6-9-20(23)24-15-16/h6-9,14-15H,2-5,10-13H2,1H3. The molecule has 0 saturated carbocycles. The molecule has 1 aliphatic rings. The molecule has 0 atom stereocenters. The van der Waals surface area contributed by atoms with Crippen LogP contribution < -0.4 is 9.64 Å². The summed E-state index contributed by atoms with van der Waals surface area (Å²) in [6.45, 7) is 3.10. The van der Waals surface area contributed by atoms with Crippen molar-refractivity contribution in [3.8, 4) is 6.01 Å². The van der Waals surface area contributed by atoms with Crippen LogP contribution in [0.15, 0.2) is 36.5 Å². The van der Waals surface area contributed by atoms with E-state index in [4.69, 9.17) is 9.47 Å². The molecule has 4 rings (SSSR count). The molecule has 1 aromatic carbocycles. The third kappa shape index (κ3) is 4.43. The first-order chi connectivity index (χ1) is 14.7. The lowest BCUT2D eigenvalue weighted by atomic mass is 10.1. The van der Waals surface area contributed by atoms with E-state index in [1.165, 1.54) is 19.4 Å². The molecule has 1 saturated heterocycles. The number of rotatable bonds is 7. The van der Waals surface area contributed by atoms with Crippen molar-refractivity contribution >= 4 is 22.6 Å². The van der Waals surface area contributed by atoms with Crippen LogP contribution in [0.5, 0.6) is 6.01 Å². The Balaban J connectivity index is 1.43. The van der Waals surface area contributed by atoms with Gasteiger partial charge in [0.15, 0.2) is 0 Å². The van der Waals surface area contributed by atoms with Crippen LogP contribution >= 0.6 is 0 Å². The zero-order valence-electron chi connectivity index (χ0n) is 17.0. The summed E-state index contributed by atoms with van der Waals surface area (Å²) in [6, 6.07) is 9.32. The minimum Gasteiger partial charge on any atom is -0.468 e. The van der Waals surface area contributed by atoms with Gasteiger partial charge in [0.05, 0.1) is 31.4 Å². The summed E-state index contributed by atoms with van der Waals surface area (Å²) >= 11 is 0. The number of aryl methyl sites for hydroxylation is 1. The van der Waals surface area contributed by atoms with Gasteiger partial charge in [0.25, 0.3) is 0 Å². The Morgan fingerprint density at radius 2 is 2.03 bits per heavy atom. The molecule has 8 heteroatoms. The van der Waals surface area contributed by atoms with Gasteiger partial charge in [-0.3, -0.25) is 4.79 Å². The third-order valence-corrected chi connectivity index (χ3v) is 5.31. The highest BCUT2D eigenvalue weighted by Crippen LogP contribution is 2.27. The van der Waals surface area contributed by atoms with Crippen molar-refractivity contribution in [3.05, 3.63) is 48.0 Å². The number of imidazole rings is 1. The van der Waals surface area contributed by atoms with E-state index in [0.29, 0.717) is 32.1 Å². The SMILES string of the molecule is COc1nc2cc(N3CCOCC3)ccc2n1C(=O)CCCCc1ccc(F)nc1. The van der Waals surface area contributed by atoms with Gasteiger partial charge in [-0.2, -0.15) is 9.37 Å². The molecular weight excluding hydrogens is 387 g/mol. The quantitative estimate of drug-likeness (QED) is 0.437. The second-order valence-corrected chi connectivity index (χ2v) is 7.30. The Hall–Kier alpha value is -3.00. The predicted molar refractivity (Wildman–Crippen MR) is 112 cm³/mol. The van der Waals surface area contributed by atoms with Gasteiger partial charge in [-0.05, 0) is 49.1 Å². The number of ether oxygens (including phenoxy) is 2. The molecule has 2 aromatic heterocycles. The number of carbonyl (C=O) groups is 1. The minimum absolute atomic E-state index is 0.0503. The number of benzene rings is 1. The van der Waals surface area contributed by atoms with Gasteiger partial charge in [0.2, 0.25) is 11.9 Å². The third-order valence-electron chi connectivity index (χ3n) is 5.31. The number of hydrogen-bond acceptors (Lipinski definition) is 6. The summed E-state index contributed by atoms with van der Waals surface area (Å²) in [7, 11) is 1.52. The van der Waals surface area contributed by atoms with Crippen LogP contribution in [0, 0.1) is 5.95 Å². The Morgan fingerprint density at radius 1 is 1.20 bits per heavy atom. The minimum atomic E-state index is -0.482. The normalized spacial score (nSPS) is 14.3. The van der Waals surface area contributed by atoms with Crippen molar-refractivity contribution < 1.29 is 18.7 Å². The number of unbranched alkanes of at least 4 members (excludes halogenated alkanes) is 1. The second kappa shape index (κ2) is 9.21. The highest BCUT2D eigenvalue weighted by atomic mass is 19.1. The first kappa shape index (κ1) is 20.3. The summed E-state index contributed by atoms with van der Waals surface area (Å²) in [4.78, 5) is 23.3. The molecule has 0 N–H and O–H groups in total. The van der Waals surface area contributed by atoms with E-state index < -0.39 is 5.95 Å². The van der Waals surface area contributed by atoms with Crippen LogP contribution in [0.25, 0.3) is 11.0 Å². The van der Waals surface area contributed by atoms with Gasteiger partial charge in [-0.15, -0.1) is 0 Å². The number of halogens is 1. The predicted octanol–water partition coefficient (Wildman–Crippen LogP) is 3.47. The number of anilines is 1. The molecule has 1 aliphatic heterocycles. The number of aromatic nitrogens is 3. The van der Waals surface area contributed by atoms with E-state index in [-0.39, 0.29) is 5.91 Å². The number of methoxy groups -OCH3 is 1. The molecule has 3 heterocycles. The Labute approximate surface area is 174 Å². The van der Waals surface area contributed by atoms with E-state index >= 15 is 0 Å². The summed E-state index contributed by atoms with van der Waals surface area (Å²) in [6.07, 6.45) is 4.20. The largest absolute Gasteiger partial charge is 0.468 e. The van der Waals surface area contributed by atoms with Crippen molar-refractivity contribution in [2.75, 3.05) is 38.3 Å². The molecular formula is C22H25FN4O3. The fraction of sp³-hybridized carbons (Fsp3) is 0.409. The molecule has 0 spiro atoms. The van der Waals surface area contributed by atoms with Crippen LogP contribution in [0.3, 0.4) is 0 Å². The molecule has 0 aliphatic carbocycles. The van der Waals surface area contributed by atoms with Gasteiger partial charge in [-0.1, -0.05) is 6.07 Å². The lowest BCUT2D eigenvalue weighted by Crippen LogP contribution is -2.36. The molecule has 3 aromatic rings. The maximum atomic E-state index is 12.9. The van der Waals surface area contributed by atoms with Gasteiger partial charge >= 0.3 is 6.01 Å². The maximum absolute atomic E-state index is 12.9. The fourth-order valence-electron chi connectivity index (χ4n) is 3.71. The van der Waals surface area contributed by atoms with Crippen molar-refractivity contribution in [1.29, 1.82) is 0 Å². The molecule has 0 unspecified atom stereocenters. The average molecular weight is 412 g/mol. The summed E-state index contributed by atoms with van der Waals surface area (Å²) in [5.74, 6) is -0.532. The van der Waals surface area contributed by atoms with Crippen LogP contribution in [0.1, 0.15) is 29.6 Å². The highest BCUT2D eigenvalue weighted by molar-refractivity contribution is 5.93. The van der Waals surface area contributed by atoms with E-state index in [1.54, 1.807) is 10.6 Å². The van der Waals surface area contributed by atoms with Gasteiger partial charge in [0.1, 0.15) is 0 Å². The van der Waals surface area contributed by atoms with Crippen LogP contribution in [0.2, 0.25) is 0 Å². The van der Waals surface area contributed by atoms with E-state index in [2.05, 4.69) is 14.9 Å². The van der Waals surface area contributed by atoms with E-state index in [0.717, 1.165) is 48.2 Å². The van der Waals surface area contributed by atoms with Crippen LogP contribution in [-0.4, -0.2) is 53.9 Å². The number of fused-ring (bicyclic) bond motifs is 1. The van der Waals surface area contributed by atoms with Crippen molar-refractivity contribution in [2.45, 2.75) is 25.7 Å². The molecule has 0 bridgehead atoms. The van der Waals surface area contributed by atoms with Gasteiger partial charge in [0, 0.05) is 31.4 Å². The first-order valence-corrected chi connectivity index (χ1v) is 10.2. The van der Waals surface area contributed by atoms with E-state index in [1.807, 2.05) is 18.2 Å². The molecule has 0 amide bonds. The molecule has 0 radical (unpaired) electrons. The number of pyridine rings is 1. The number of hydrogen-bond donors (Lipinski definition) is 0. The molecule has 1 fully saturated rings. The zero-order chi connectivity index (χ0) is 20.9. The van der Waals surface area contributed by atoms with E-state index in [9.17, 15) is 9.18 Å². The Kier molecular flexibility index (Phi) is 6.23. The lowest BCUT2D eigenvalue weighted by Gasteiger charge is -2.28. The maximum Gasteiger partial charge on any atom is 0.304 e. The lowest BCUT2D eigenvalue weighted by molar-refractivity contribution is 0.0893. The topological polar surface area (TPSA) is 69.5 Å². The Bertz CT molecular complexity index is 1010. The van der Waals surface area contributed by atoms with Crippen LogP contribution in [-0.2, 0) is 11.2 Å². The molecule has 158 valence electrons. The number of morpholine rings is 1. The average Bonchev–Trinajstić information content (AvgIpc) is 3.16. The van der Waals surface area contributed by atoms with Crippen molar-refractivity contribution in [1.82, 2.24) is 14.5 Å². The fourth-order valence-corrected chi connectivity index (χ4v) is 3.71. The monoisotopic (exact) mass is 412 g/mol.